The van der Waals surface area contributed by atoms with Crippen LogP contribution in [-0.2, 0) is 11.3 Å². The van der Waals surface area contributed by atoms with E-state index in [0.29, 0.717) is 17.1 Å². The Labute approximate surface area is 175 Å². The van der Waals surface area contributed by atoms with Crippen molar-refractivity contribution in [3.05, 3.63) is 64.5 Å². The molecule has 3 aromatic rings. The number of carbonyl (C=O) groups excluding carboxylic acids is 2. The van der Waals surface area contributed by atoms with Crippen LogP contribution in [0.2, 0.25) is 0 Å². The van der Waals surface area contributed by atoms with E-state index in [1.807, 2.05) is 32.9 Å². The van der Waals surface area contributed by atoms with E-state index in [1.54, 1.807) is 38.3 Å². The van der Waals surface area contributed by atoms with Gasteiger partial charge in [0.2, 0.25) is 5.91 Å². The van der Waals surface area contributed by atoms with Crippen LogP contribution in [0.1, 0.15) is 32.9 Å². The highest BCUT2D eigenvalue weighted by molar-refractivity contribution is 6.04. The van der Waals surface area contributed by atoms with E-state index in [-0.39, 0.29) is 24.1 Å². The average molecular weight is 407 g/mol. The summed E-state index contributed by atoms with van der Waals surface area (Å²) in [4.78, 5) is 25.1. The summed E-state index contributed by atoms with van der Waals surface area (Å²) in [5.74, 6) is 0.000767. The van der Waals surface area contributed by atoms with Crippen molar-refractivity contribution in [1.29, 1.82) is 0 Å². The molecule has 8 heteroatoms. The lowest BCUT2D eigenvalue weighted by molar-refractivity contribution is -0.117. The predicted molar refractivity (Wildman–Crippen MR) is 115 cm³/mol. The van der Waals surface area contributed by atoms with Crippen LogP contribution in [0.25, 0.3) is 0 Å². The van der Waals surface area contributed by atoms with Gasteiger partial charge in [-0.25, -0.2) is 4.68 Å². The fourth-order valence-electron chi connectivity index (χ4n) is 3.31. The molecule has 8 nitrogen and oxygen atoms in total. The fourth-order valence-corrected chi connectivity index (χ4v) is 3.31. The lowest BCUT2D eigenvalue weighted by Crippen LogP contribution is -2.21. The van der Waals surface area contributed by atoms with E-state index in [1.165, 1.54) is 4.68 Å². The minimum absolute atomic E-state index is 0.0636. The molecule has 0 bridgehead atoms. The van der Waals surface area contributed by atoms with Crippen molar-refractivity contribution in [2.75, 3.05) is 17.7 Å². The summed E-state index contributed by atoms with van der Waals surface area (Å²) in [5.41, 5.74) is 5.15. The number of carbonyl (C=O) groups is 2. The van der Waals surface area contributed by atoms with Crippen LogP contribution in [0.5, 0.6) is 5.75 Å². The van der Waals surface area contributed by atoms with Gasteiger partial charge < -0.3 is 15.4 Å². The first-order chi connectivity index (χ1) is 14.3. The van der Waals surface area contributed by atoms with Crippen molar-refractivity contribution in [3.63, 3.8) is 0 Å². The van der Waals surface area contributed by atoms with Crippen molar-refractivity contribution in [1.82, 2.24) is 15.0 Å². The standard InChI is InChI=1S/C22H25N5O3/c1-13-9-14(2)20(15(3)10-13)24-22(29)21-16(4)27(26-25-21)12-19(28)23-17-7-6-8-18(11-17)30-5/h6-11H,12H2,1-5H3,(H,23,28)(H,24,29). The van der Waals surface area contributed by atoms with Crippen molar-refractivity contribution < 1.29 is 14.3 Å². The van der Waals surface area contributed by atoms with Gasteiger partial charge in [0.25, 0.3) is 5.91 Å². The molecule has 0 aliphatic heterocycles. The van der Waals surface area contributed by atoms with Crippen LogP contribution in [0, 0.1) is 27.7 Å². The average Bonchev–Trinajstić information content (AvgIpc) is 3.05. The Bertz CT molecular complexity index is 1080. The molecule has 0 spiro atoms. The first-order valence-electron chi connectivity index (χ1n) is 9.51. The maximum atomic E-state index is 12.7. The highest BCUT2D eigenvalue weighted by atomic mass is 16.5. The van der Waals surface area contributed by atoms with E-state index in [0.717, 1.165) is 22.4 Å². The SMILES string of the molecule is COc1cccc(NC(=O)Cn2nnc(C(=O)Nc3c(C)cc(C)cc3C)c2C)c1. The van der Waals surface area contributed by atoms with Gasteiger partial charge in [-0.2, -0.15) is 0 Å². The molecule has 0 fully saturated rings. The molecule has 156 valence electrons. The van der Waals surface area contributed by atoms with E-state index >= 15 is 0 Å². The largest absolute Gasteiger partial charge is 0.497 e. The normalized spacial score (nSPS) is 10.6. The third kappa shape index (κ3) is 4.65. The summed E-state index contributed by atoms with van der Waals surface area (Å²) >= 11 is 0. The number of hydrogen-bond acceptors (Lipinski definition) is 5. The summed E-state index contributed by atoms with van der Waals surface area (Å²) in [6, 6.07) is 11.1. The van der Waals surface area contributed by atoms with Crippen LogP contribution < -0.4 is 15.4 Å². The van der Waals surface area contributed by atoms with Gasteiger partial charge in [-0.05, 0) is 51.0 Å². The Morgan fingerprint density at radius 2 is 1.73 bits per heavy atom. The molecule has 1 heterocycles. The van der Waals surface area contributed by atoms with Gasteiger partial charge in [0.15, 0.2) is 5.69 Å². The van der Waals surface area contributed by atoms with Gasteiger partial charge in [0, 0.05) is 17.4 Å². The summed E-state index contributed by atoms with van der Waals surface area (Å²) in [7, 11) is 1.56. The molecule has 0 atom stereocenters. The van der Waals surface area contributed by atoms with Crippen molar-refractivity contribution >= 4 is 23.2 Å². The van der Waals surface area contributed by atoms with Crippen molar-refractivity contribution in [2.45, 2.75) is 34.2 Å². The molecule has 2 N–H and O–H groups in total. The minimum atomic E-state index is -0.359. The Morgan fingerprint density at radius 3 is 2.40 bits per heavy atom. The Balaban J connectivity index is 1.71. The first-order valence-corrected chi connectivity index (χ1v) is 9.51. The fraction of sp³-hybridized carbons (Fsp3) is 0.273. The third-order valence-electron chi connectivity index (χ3n) is 4.76. The number of aromatic nitrogens is 3. The molecule has 0 aliphatic rings. The van der Waals surface area contributed by atoms with E-state index < -0.39 is 0 Å². The van der Waals surface area contributed by atoms with Gasteiger partial charge in [0.1, 0.15) is 12.3 Å². The number of benzene rings is 2. The van der Waals surface area contributed by atoms with E-state index in [4.69, 9.17) is 4.74 Å². The topological polar surface area (TPSA) is 98.1 Å². The number of nitrogens with zero attached hydrogens (tertiary/aromatic N) is 3. The number of nitrogens with one attached hydrogen (secondary N) is 2. The van der Waals surface area contributed by atoms with Gasteiger partial charge in [-0.1, -0.05) is 29.0 Å². The Morgan fingerprint density at radius 1 is 1.03 bits per heavy atom. The zero-order chi connectivity index (χ0) is 21.8. The Kier molecular flexibility index (Phi) is 6.15. The number of ether oxygens (including phenoxy) is 1. The van der Waals surface area contributed by atoms with Gasteiger partial charge in [-0.3, -0.25) is 9.59 Å². The van der Waals surface area contributed by atoms with E-state index in [2.05, 4.69) is 20.9 Å². The molecule has 0 radical (unpaired) electrons. The maximum Gasteiger partial charge on any atom is 0.278 e. The summed E-state index contributed by atoms with van der Waals surface area (Å²) in [6.07, 6.45) is 0. The van der Waals surface area contributed by atoms with Gasteiger partial charge >= 0.3 is 0 Å². The smallest absolute Gasteiger partial charge is 0.278 e. The van der Waals surface area contributed by atoms with Gasteiger partial charge in [-0.15, -0.1) is 5.10 Å². The summed E-state index contributed by atoms with van der Waals surface area (Å²) in [6.45, 7) is 7.55. The van der Waals surface area contributed by atoms with Crippen LogP contribution in [-0.4, -0.2) is 33.9 Å². The summed E-state index contributed by atoms with van der Waals surface area (Å²) < 4.78 is 6.55. The number of methoxy groups -OCH3 is 1. The molecule has 2 amide bonds. The zero-order valence-corrected chi connectivity index (χ0v) is 17.7. The number of rotatable bonds is 6. The van der Waals surface area contributed by atoms with Crippen LogP contribution in [0.15, 0.2) is 36.4 Å². The second-order valence-corrected chi connectivity index (χ2v) is 7.19. The molecule has 0 saturated heterocycles. The second kappa shape index (κ2) is 8.77. The molecule has 0 aliphatic carbocycles. The predicted octanol–water partition coefficient (Wildman–Crippen LogP) is 3.41. The molecule has 0 unspecified atom stereocenters. The summed E-state index contributed by atoms with van der Waals surface area (Å²) in [5, 5.41) is 13.6. The molecule has 2 aromatic carbocycles. The highest BCUT2D eigenvalue weighted by Gasteiger charge is 2.19. The van der Waals surface area contributed by atoms with Crippen molar-refractivity contribution in [3.8, 4) is 5.75 Å². The number of aryl methyl sites for hydroxylation is 3. The molecule has 0 saturated carbocycles. The maximum absolute atomic E-state index is 12.7. The minimum Gasteiger partial charge on any atom is -0.497 e. The lowest BCUT2D eigenvalue weighted by atomic mass is 10.0. The van der Waals surface area contributed by atoms with Crippen LogP contribution >= 0.6 is 0 Å². The highest BCUT2D eigenvalue weighted by Crippen LogP contribution is 2.23. The van der Waals surface area contributed by atoms with Crippen LogP contribution in [0.4, 0.5) is 11.4 Å². The molecular formula is C22H25N5O3. The monoisotopic (exact) mass is 407 g/mol. The molecule has 3 rings (SSSR count). The molecular weight excluding hydrogens is 382 g/mol. The van der Waals surface area contributed by atoms with Crippen molar-refractivity contribution in [2.24, 2.45) is 0 Å². The number of hydrogen-bond donors (Lipinski definition) is 2. The third-order valence-corrected chi connectivity index (χ3v) is 4.76. The van der Waals surface area contributed by atoms with E-state index in [9.17, 15) is 9.59 Å². The lowest BCUT2D eigenvalue weighted by Gasteiger charge is -2.12. The number of anilines is 2. The zero-order valence-electron chi connectivity index (χ0n) is 17.7. The second-order valence-electron chi connectivity index (χ2n) is 7.19. The Hall–Kier alpha value is -3.68. The quantitative estimate of drug-likeness (QED) is 0.652. The van der Waals surface area contributed by atoms with Gasteiger partial charge in [0.05, 0.1) is 12.8 Å². The molecule has 30 heavy (non-hydrogen) atoms. The van der Waals surface area contributed by atoms with Crippen LogP contribution in [0.3, 0.4) is 0 Å². The number of amides is 2. The first kappa shape index (κ1) is 21.0. The molecule has 1 aromatic heterocycles.